The molecule has 2 fully saturated rings. The molecule has 2 N–H and O–H groups in total. The van der Waals surface area contributed by atoms with Crippen LogP contribution in [0.3, 0.4) is 0 Å². The quantitative estimate of drug-likeness (QED) is 0.545. The lowest BCUT2D eigenvalue weighted by Crippen LogP contribution is -2.50. The van der Waals surface area contributed by atoms with Gasteiger partial charge in [0.15, 0.2) is 9.84 Å². The molecule has 36 heavy (non-hydrogen) atoms. The highest BCUT2D eigenvalue weighted by molar-refractivity contribution is 7.90. The van der Waals surface area contributed by atoms with Crippen LogP contribution in [0, 0.1) is 5.92 Å². The van der Waals surface area contributed by atoms with Crippen LogP contribution < -0.4 is 5.73 Å². The first kappa shape index (κ1) is 27.1. The van der Waals surface area contributed by atoms with Crippen LogP contribution in [-0.4, -0.2) is 57.8 Å². The molecule has 0 radical (unpaired) electrons. The number of nitrogens with zero attached hydrogens (tertiary/aromatic N) is 1. The Hall–Kier alpha value is -1.93. The molecule has 1 saturated carbocycles. The third-order valence-electron chi connectivity index (χ3n) is 8.00. The van der Waals surface area contributed by atoms with Gasteiger partial charge in [-0.25, -0.2) is 8.42 Å². The third-order valence-corrected chi connectivity index (χ3v) is 9.35. The zero-order chi connectivity index (χ0) is 25.8. The Kier molecular flexibility index (Phi) is 8.76. The Morgan fingerprint density at radius 3 is 2.42 bits per heavy atom. The van der Waals surface area contributed by atoms with E-state index in [0.717, 1.165) is 49.1 Å². The zero-order valence-corrected chi connectivity index (χ0v) is 22.6. The van der Waals surface area contributed by atoms with Crippen LogP contribution >= 0.6 is 11.6 Å². The second-order valence-corrected chi connectivity index (χ2v) is 12.8. The second-order valence-electron chi connectivity index (χ2n) is 10.3. The molecule has 0 unspecified atom stereocenters. The van der Waals surface area contributed by atoms with E-state index in [4.69, 9.17) is 22.1 Å². The van der Waals surface area contributed by atoms with Crippen LogP contribution in [0.15, 0.2) is 53.4 Å². The molecule has 0 atom stereocenters. The number of hydrogen-bond donors (Lipinski definition) is 1. The average molecular weight is 533 g/mol. The first-order valence-corrected chi connectivity index (χ1v) is 15.1. The number of benzene rings is 2. The molecule has 0 spiro atoms. The Morgan fingerprint density at radius 2 is 1.78 bits per heavy atom. The summed E-state index contributed by atoms with van der Waals surface area (Å²) in [4.78, 5) is 16.1. The smallest absolute Gasteiger partial charge is 0.226 e. The molecule has 1 heterocycles. The van der Waals surface area contributed by atoms with E-state index < -0.39 is 9.84 Å². The molecule has 8 heteroatoms. The van der Waals surface area contributed by atoms with E-state index >= 15 is 0 Å². The fourth-order valence-corrected chi connectivity index (χ4v) is 6.61. The average Bonchev–Trinajstić information content (AvgIpc) is 2.89. The van der Waals surface area contributed by atoms with Gasteiger partial charge in [-0.05, 0) is 80.3 Å². The Balaban J connectivity index is 1.52. The van der Waals surface area contributed by atoms with Crippen molar-refractivity contribution in [3.63, 3.8) is 0 Å². The topological polar surface area (TPSA) is 89.7 Å². The van der Waals surface area contributed by atoms with Gasteiger partial charge in [0.25, 0.3) is 0 Å². The van der Waals surface area contributed by atoms with Crippen LogP contribution in [0.4, 0.5) is 0 Å². The van der Waals surface area contributed by atoms with E-state index in [-0.39, 0.29) is 23.3 Å². The van der Waals surface area contributed by atoms with Crippen LogP contribution in [0.25, 0.3) is 0 Å². The number of rotatable bonds is 8. The molecule has 1 saturated heterocycles. The first-order chi connectivity index (χ1) is 17.2. The molecule has 1 aliphatic heterocycles. The standard InChI is InChI=1S/C28H37ClN2O4S/c1-36(33,34)26-7-2-4-21(18-26)10-15-31(27(32)22-11-16-35-17-12-22)25-8-13-28(20-30,14-9-25)23-5-3-6-24(29)19-23/h2-7,18-19,22,25H,8-17,20,30H2,1H3/t25-,28-. The van der Waals surface area contributed by atoms with Crippen molar-refractivity contribution in [2.45, 2.75) is 61.3 Å². The summed E-state index contributed by atoms with van der Waals surface area (Å²) in [6.45, 7) is 2.36. The molecule has 6 nitrogen and oxygen atoms in total. The van der Waals surface area contributed by atoms with Gasteiger partial charge in [-0.1, -0.05) is 35.9 Å². The van der Waals surface area contributed by atoms with Crippen molar-refractivity contribution in [1.82, 2.24) is 4.90 Å². The lowest BCUT2D eigenvalue weighted by molar-refractivity contribution is -0.142. The number of hydrogen-bond acceptors (Lipinski definition) is 5. The van der Waals surface area contributed by atoms with Gasteiger partial charge in [0, 0.05) is 55.0 Å². The van der Waals surface area contributed by atoms with E-state index in [1.54, 1.807) is 18.2 Å². The lowest BCUT2D eigenvalue weighted by Gasteiger charge is -2.44. The molecule has 0 bridgehead atoms. The van der Waals surface area contributed by atoms with Crippen molar-refractivity contribution >= 4 is 27.3 Å². The fraction of sp³-hybridized carbons (Fsp3) is 0.536. The summed E-state index contributed by atoms with van der Waals surface area (Å²) >= 11 is 6.29. The number of carbonyl (C=O) groups excluding carboxylic acids is 1. The highest BCUT2D eigenvalue weighted by Gasteiger charge is 2.39. The Bertz CT molecular complexity index is 1160. The van der Waals surface area contributed by atoms with E-state index in [2.05, 4.69) is 11.0 Å². The molecule has 4 rings (SSSR count). The van der Waals surface area contributed by atoms with Gasteiger partial charge in [0.1, 0.15) is 0 Å². The van der Waals surface area contributed by atoms with Crippen LogP contribution in [0.2, 0.25) is 5.02 Å². The Labute approximate surface area is 220 Å². The summed E-state index contributed by atoms with van der Waals surface area (Å²) in [5.74, 6) is 0.181. The maximum absolute atomic E-state index is 13.7. The van der Waals surface area contributed by atoms with Crippen molar-refractivity contribution in [1.29, 1.82) is 0 Å². The predicted octanol–water partition coefficient (Wildman–Crippen LogP) is 4.38. The number of halogens is 1. The summed E-state index contributed by atoms with van der Waals surface area (Å²) in [5.41, 5.74) is 8.29. The number of amides is 1. The molecule has 1 aliphatic carbocycles. The van der Waals surface area contributed by atoms with Crippen molar-refractivity contribution in [3.8, 4) is 0 Å². The monoisotopic (exact) mass is 532 g/mol. The lowest BCUT2D eigenvalue weighted by atomic mass is 9.68. The number of carbonyl (C=O) groups is 1. The summed E-state index contributed by atoms with van der Waals surface area (Å²) in [6, 6.07) is 15.2. The van der Waals surface area contributed by atoms with Crippen LogP contribution in [0.5, 0.6) is 0 Å². The second kappa shape index (κ2) is 11.6. The maximum Gasteiger partial charge on any atom is 0.226 e. The minimum Gasteiger partial charge on any atom is -0.381 e. The molecule has 2 aromatic rings. The van der Waals surface area contributed by atoms with Crippen molar-refractivity contribution in [3.05, 3.63) is 64.7 Å². The highest BCUT2D eigenvalue weighted by atomic mass is 35.5. The van der Waals surface area contributed by atoms with Gasteiger partial charge in [0.2, 0.25) is 5.91 Å². The summed E-state index contributed by atoms with van der Waals surface area (Å²) < 4.78 is 29.5. The van der Waals surface area contributed by atoms with Gasteiger partial charge in [0.05, 0.1) is 4.90 Å². The largest absolute Gasteiger partial charge is 0.381 e. The summed E-state index contributed by atoms with van der Waals surface area (Å²) in [5, 5.41) is 0.718. The SMILES string of the molecule is CS(=O)(=O)c1cccc(CCN(C(=O)C2CCOCC2)[C@H]2CC[C@](CN)(c3cccc(Cl)c3)CC2)c1. The predicted molar refractivity (Wildman–Crippen MR) is 143 cm³/mol. The minimum absolute atomic E-state index is 0.0183. The van der Waals surface area contributed by atoms with Gasteiger partial charge in [-0.2, -0.15) is 0 Å². The van der Waals surface area contributed by atoms with Gasteiger partial charge in [-0.3, -0.25) is 4.79 Å². The normalized spacial score (nSPS) is 23.4. The zero-order valence-electron chi connectivity index (χ0n) is 21.0. The maximum atomic E-state index is 13.7. The van der Waals surface area contributed by atoms with Crippen molar-refractivity contribution in [2.75, 3.05) is 32.6 Å². The molecular weight excluding hydrogens is 496 g/mol. The third kappa shape index (κ3) is 6.31. The number of sulfone groups is 1. The van der Waals surface area contributed by atoms with E-state index in [0.29, 0.717) is 37.6 Å². The molecule has 2 aromatic carbocycles. The minimum atomic E-state index is -3.28. The van der Waals surface area contributed by atoms with Gasteiger partial charge < -0.3 is 15.4 Å². The van der Waals surface area contributed by atoms with Crippen molar-refractivity contribution in [2.24, 2.45) is 11.7 Å². The van der Waals surface area contributed by atoms with E-state index in [1.807, 2.05) is 24.3 Å². The van der Waals surface area contributed by atoms with Crippen molar-refractivity contribution < 1.29 is 17.9 Å². The summed E-state index contributed by atoms with van der Waals surface area (Å²) in [6.07, 6.45) is 6.89. The molecule has 0 aromatic heterocycles. The fourth-order valence-electron chi connectivity index (χ4n) is 5.73. The van der Waals surface area contributed by atoms with E-state index in [1.165, 1.54) is 11.8 Å². The highest BCUT2D eigenvalue weighted by Crippen LogP contribution is 2.41. The molecule has 1 amide bonds. The molecular formula is C28H37ClN2O4S. The van der Waals surface area contributed by atoms with Crippen LogP contribution in [-0.2, 0) is 31.2 Å². The first-order valence-electron chi connectivity index (χ1n) is 12.9. The number of nitrogens with two attached hydrogens (primary N) is 1. The summed E-state index contributed by atoms with van der Waals surface area (Å²) in [7, 11) is -3.28. The van der Waals surface area contributed by atoms with Gasteiger partial charge in [-0.15, -0.1) is 0 Å². The number of ether oxygens (including phenoxy) is 1. The molecule has 2 aliphatic rings. The van der Waals surface area contributed by atoms with Crippen LogP contribution in [0.1, 0.15) is 49.7 Å². The Morgan fingerprint density at radius 1 is 1.08 bits per heavy atom. The van der Waals surface area contributed by atoms with E-state index in [9.17, 15) is 13.2 Å². The van der Waals surface area contributed by atoms with Gasteiger partial charge >= 0.3 is 0 Å². The molecule has 196 valence electrons.